The van der Waals surface area contributed by atoms with Gasteiger partial charge in [-0.15, -0.1) is 0 Å². The zero-order valence-corrected chi connectivity index (χ0v) is 17.3. The van der Waals surface area contributed by atoms with Gasteiger partial charge in [-0.25, -0.2) is 0 Å². The Morgan fingerprint density at radius 3 is 1.84 bits per heavy atom. The third kappa shape index (κ3) is 4.24. The minimum atomic E-state index is 0.175. The van der Waals surface area contributed by atoms with Crippen molar-refractivity contribution in [3.05, 3.63) is 132 Å². The summed E-state index contributed by atoms with van der Waals surface area (Å²) in [7, 11) is 0. The van der Waals surface area contributed by atoms with Gasteiger partial charge in [0.15, 0.2) is 12.1 Å². The van der Waals surface area contributed by atoms with Gasteiger partial charge in [0.25, 0.3) is 0 Å². The molecule has 2 atom stereocenters. The molecule has 3 heterocycles. The average Bonchev–Trinajstić information content (AvgIpc) is 3.19. The van der Waals surface area contributed by atoms with Gasteiger partial charge in [-0.2, -0.15) is 0 Å². The van der Waals surface area contributed by atoms with Crippen LogP contribution in [0.3, 0.4) is 0 Å². The summed E-state index contributed by atoms with van der Waals surface area (Å²) in [5.41, 5.74) is 4.72. The van der Waals surface area contributed by atoms with E-state index < -0.39 is 0 Å². The second kappa shape index (κ2) is 8.92. The molecule has 4 nitrogen and oxygen atoms in total. The molecule has 2 aromatic heterocycles. The third-order valence-corrected chi connectivity index (χ3v) is 5.73. The lowest BCUT2D eigenvalue weighted by Gasteiger charge is -2.24. The summed E-state index contributed by atoms with van der Waals surface area (Å²) in [6.45, 7) is 1.50. The Kier molecular flexibility index (Phi) is 5.52. The maximum absolute atomic E-state index is 4.58. The van der Waals surface area contributed by atoms with Gasteiger partial charge in [-0.05, 0) is 24.3 Å². The summed E-state index contributed by atoms with van der Waals surface area (Å²) in [5, 5.41) is 0. The van der Waals surface area contributed by atoms with E-state index in [1.54, 1.807) is 0 Å². The Morgan fingerprint density at radius 1 is 0.645 bits per heavy atom. The molecule has 1 aliphatic heterocycles. The molecule has 31 heavy (non-hydrogen) atoms. The van der Waals surface area contributed by atoms with Crippen LogP contribution in [0, 0.1) is 0 Å². The molecule has 5 rings (SSSR count). The number of rotatable bonds is 6. The number of hydrogen-bond donors (Lipinski definition) is 0. The van der Waals surface area contributed by atoms with Gasteiger partial charge in [0.2, 0.25) is 6.34 Å². The first-order valence-electron chi connectivity index (χ1n) is 10.6. The Bertz CT molecular complexity index is 1130. The van der Waals surface area contributed by atoms with Crippen LogP contribution in [0.2, 0.25) is 0 Å². The highest BCUT2D eigenvalue weighted by molar-refractivity contribution is 5.54. The van der Waals surface area contributed by atoms with Crippen molar-refractivity contribution in [2.45, 2.75) is 25.2 Å². The van der Waals surface area contributed by atoms with Crippen LogP contribution >= 0.6 is 0 Å². The molecule has 0 saturated heterocycles. The van der Waals surface area contributed by atoms with Crippen molar-refractivity contribution < 1.29 is 4.58 Å². The number of hydrogen-bond acceptors (Lipinski definition) is 3. The van der Waals surface area contributed by atoms with Crippen molar-refractivity contribution in [3.63, 3.8) is 0 Å². The van der Waals surface area contributed by atoms with Crippen LogP contribution in [0.4, 0.5) is 0 Å². The van der Waals surface area contributed by atoms with Gasteiger partial charge in [0.1, 0.15) is 13.1 Å². The lowest BCUT2D eigenvalue weighted by Crippen LogP contribution is -2.26. The van der Waals surface area contributed by atoms with E-state index in [-0.39, 0.29) is 12.1 Å². The molecule has 0 fully saturated rings. The first-order valence-corrected chi connectivity index (χ1v) is 10.6. The molecule has 152 valence electrons. The molecule has 1 aliphatic rings. The second-order valence-corrected chi connectivity index (χ2v) is 7.81. The molecule has 2 aromatic carbocycles. The molecular formula is C27H25N4+. The first-order chi connectivity index (χ1) is 15.4. The smallest absolute Gasteiger partial charge is 0.236 e. The summed E-state index contributed by atoms with van der Waals surface area (Å²) >= 11 is 0. The van der Waals surface area contributed by atoms with Crippen LogP contribution < -0.4 is 0 Å². The SMILES string of the molecule is C1=[N+](Cc2ccccn2)[C@H](c2ccccc2)[C@@H](c2ccccc2)N1Cc1ccccn1. The van der Waals surface area contributed by atoms with Crippen LogP contribution in [-0.2, 0) is 13.1 Å². The van der Waals surface area contributed by atoms with Crippen LogP contribution in [-0.4, -0.2) is 25.8 Å². The Hall–Kier alpha value is -3.79. The van der Waals surface area contributed by atoms with Gasteiger partial charge < -0.3 is 0 Å². The molecule has 0 bridgehead atoms. The van der Waals surface area contributed by atoms with E-state index in [1.807, 2.05) is 24.5 Å². The molecule has 0 amide bonds. The third-order valence-electron chi connectivity index (χ3n) is 5.73. The zero-order valence-electron chi connectivity index (χ0n) is 17.3. The topological polar surface area (TPSA) is 32.0 Å². The van der Waals surface area contributed by atoms with Crippen molar-refractivity contribution in [2.24, 2.45) is 0 Å². The summed E-state index contributed by atoms with van der Waals surface area (Å²) in [6.07, 6.45) is 5.99. The molecule has 0 aliphatic carbocycles. The first kappa shape index (κ1) is 19.2. The fourth-order valence-corrected chi connectivity index (χ4v) is 4.38. The Morgan fingerprint density at radius 2 is 1.23 bits per heavy atom. The highest BCUT2D eigenvalue weighted by atomic mass is 15.3. The normalized spacial score (nSPS) is 18.1. The monoisotopic (exact) mass is 405 g/mol. The fourth-order valence-electron chi connectivity index (χ4n) is 4.38. The number of aromatic nitrogens is 2. The highest BCUT2D eigenvalue weighted by Gasteiger charge is 2.44. The van der Waals surface area contributed by atoms with Crippen molar-refractivity contribution in [1.82, 2.24) is 14.9 Å². The predicted octanol–water partition coefficient (Wildman–Crippen LogP) is 5.02. The lowest BCUT2D eigenvalue weighted by molar-refractivity contribution is -0.579. The largest absolute Gasteiger partial charge is 0.257 e. The van der Waals surface area contributed by atoms with Crippen LogP contribution in [0.5, 0.6) is 0 Å². The van der Waals surface area contributed by atoms with E-state index >= 15 is 0 Å². The van der Waals surface area contributed by atoms with Crippen LogP contribution in [0.25, 0.3) is 0 Å². The quantitative estimate of drug-likeness (QED) is 0.423. The Labute approximate surface area is 183 Å². The van der Waals surface area contributed by atoms with Crippen molar-refractivity contribution in [1.29, 1.82) is 0 Å². The van der Waals surface area contributed by atoms with E-state index in [9.17, 15) is 0 Å². The van der Waals surface area contributed by atoms with E-state index in [4.69, 9.17) is 0 Å². The van der Waals surface area contributed by atoms with Gasteiger partial charge in [0.05, 0.1) is 11.4 Å². The van der Waals surface area contributed by atoms with Gasteiger partial charge in [0, 0.05) is 23.5 Å². The molecule has 0 spiro atoms. The molecule has 0 N–H and O–H groups in total. The second-order valence-electron chi connectivity index (χ2n) is 7.81. The lowest BCUT2D eigenvalue weighted by atomic mass is 9.93. The molecular weight excluding hydrogens is 380 g/mol. The van der Waals surface area contributed by atoms with E-state index in [0.29, 0.717) is 0 Å². The van der Waals surface area contributed by atoms with Crippen LogP contribution in [0.15, 0.2) is 109 Å². The number of nitrogens with zero attached hydrogens (tertiary/aromatic N) is 4. The standard InChI is InChI=1S/C27H25N4/c1-3-11-22(12-4-1)26-27(23-13-5-2-6-14-23)31(20-25-16-8-10-18-29-25)21-30(26)19-24-15-7-9-17-28-24/h1-18,21,26-27H,19-20H2/q+1/t26-,27-/m1/s1. The summed E-state index contributed by atoms with van der Waals surface area (Å²) in [6, 6.07) is 34.1. The van der Waals surface area contributed by atoms with Crippen LogP contribution in [0.1, 0.15) is 34.6 Å². The maximum Gasteiger partial charge on any atom is 0.236 e. The number of benzene rings is 2. The Balaban J connectivity index is 1.59. The molecule has 0 unspecified atom stereocenters. The minimum Gasteiger partial charge on any atom is -0.257 e. The molecule has 4 aromatic rings. The van der Waals surface area contributed by atoms with Crippen molar-refractivity contribution in [2.75, 3.05) is 0 Å². The highest BCUT2D eigenvalue weighted by Crippen LogP contribution is 2.40. The zero-order chi connectivity index (χ0) is 20.9. The van der Waals surface area contributed by atoms with Crippen molar-refractivity contribution >= 4 is 6.34 Å². The molecule has 4 heteroatoms. The predicted molar refractivity (Wildman–Crippen MR) is 122 cm³/mol. The minimum absolute atomic E-state index is 0.175. The van der Waals surface area contributed by atoms with Gasteiger partial charge in [-0.1, -0.05) is 72.8 Å². The van der Waals surface area contributed by atoms with Gasteiger partial charge >= 0.3 is 0 Å². The molecule has 0 radical (unpaired) electrons. The summed E-state index contributed by atoms with van der Waals surface area (Å²) in [5.74, 6) is 0. The van der Waals surface area contributed by atoms with E-state index in [0.717, 1.165) is 24.5 Å². The molecule has 0 saturated carbocycles. The fraction of sp³-hybridized carbons (Fsp3) is 0.148. The van der Waals surface area contributed by atoms with Gasteiger partial charge in [-0.3, -0.25) is 19.4 Å². The number of pyridine rings is 2. The summed E-state index contributed by atoms with van der Waals surface area (Å²) in [4.78, 5) is 11.6. The van der Waals surface area contributed by atoms with Crippen molar-refractivity contribution in [3.8, 4) is 0 Å². The maximum atomic E-state index is 4.58. The van der Waals surface area contributed by atoms with E-state index in [2.05, 4.69) is 111 Å². The summed E-state index contributed by atoms with van der Waals surface area (Å²) < 4.78 is 2.41. The average molecular weight is 406 g/mol. The van der Waals surface area contributed by atoms with E-state index in [1.165, 1.54) is 11.1 Å².